The summed E-state index contributed by atoms with van der Waals surface area (Å²) in [5.41, 5.74) is 0. The summed E-state index contributed by atoms with van der Waals surface area (Å²) in [6, 6.07) is 4.74. The number of thioether (sulfide) groups is 1. The third kappa shape index (κ3) is 4.14. The molecular formula is C19H26N4OS2. The molecule has 2 aromatic heterocycles. The molecule has 0 aromatic carbocycles. The quantitative estimate of drug-likeness (QED) is 0.703. The van der Waals surface area contributed by atoms with Crippen LogP contribution in [0.3, 0.4) is 0 Å². The fraction of sp³-hybridized carbons (Fsp3) is 0.632. The highest BCUT2D eigenvalue weighted by Crippen LogP contribution is 2.39. The number of aromatic nitrogens is 3. The molecule has 1 amide bonds. The zero-order valence-electron chi connectivity index (χ0n) is 15.4. The molecule has 140 valence electrons. The summed E-state index contributed by atoms with van der Waals surface area (Å²) in [5, 5.41) is 11.9. The standard InChI is InChI=1S/C19H26N4OS2/c1-13-8-14(2)11-22(10-13)18(24)12-26-19-21-20-17(23(19)15-5-6-15)9-16-4-3-7-25-16/h3-4,7,13-15H,5-6,8-12H2,1-2H3/t13-,14+. The predicted octanol–water partition coefficient (Wildman–Crippen LogP) is 3.86. The van der Waals surface area contributed by atoms with Gasteiger partial charge in [0.2, 0.25) is 5.91 Å². The average Bonchev–Trinajstić information content (AvgIpc) is 3.15. The number of likely N-dealkylation sites (tertiary alicyclic amines) is 1. The van der Waals surface area contributed by atoms with Gasteiger partial charge in [0.25, 0.3) is 0 Å². The maximum atomic E-state index is 12.7. The van der Waals surface area contributed by atoms with Gasteiger partial charge in [-0.25, -0.2) is 0 Å². The van der Waals surface area contributed by atoms with Gasteiger partial charge in [0.1, 0.15) is 5.82 Å². The molecule has 0 radical (unpaired) electrons. The van der Waals surface area contributed by atoms with E-state index in [0.29, 0.717) is 23.6 Å². The highest BCUT2D eigenvalue weighted by molar-refractivity contribution is 7.99. The minimum atomic E-state index is 0.235. The Balaban J connectivity index is 1.41. The van der Waals surface area contributed by atoms with Gasteiger partial charge >= 0.3 is 0 Å². The summed E-state index contributed by atoms with van der Waals surface area (Å²) in [4.78, 5) is 16.0. The van der Waals surface area contributed by atoms with E-state index in [9.17, 15) is 4.79 Å². The van der Waals surface area contributed by atoms with Gasteiger partial charge in [0, 0.05) is 30.4 Å². The van der Waals surface area contributed by atoms with Crippen molar-refractivity contribution >= 4 is 29.0 Å². The first-order valence-electron chi connectivity index (χ1n) is 9.47. The zero-order valence-corrected chi connectivity index (χ0v) is 17.1. The fourth-order valence-electron chi connectivity index (χ4n) is 3.88. The van der Waals surface area contributed by atoms with Crippen LogP contribution in [-0.2, 0) is 11.2 Å². The molecule has 1 saturated carbocycles. The average molecular weight is 391 g/mol. The van der Waals surface area contributed by atoms with E-state index in [2.05, 4.69) is 46.1 Å². The number of piperidine rings is 1. The highest BCUT2D eigenvalue weighted by atomic mass is 32.2. The van der Waals surface area contributed by atoms with E-state index in [-0.39, 0.29) is 5.91 Å². The Morgan fingerprint density at radius 1 is 1.27 bits per heavy atom. The molecular weight excluding hydrogens is 364 g/mol. The number of carbonyl (C=O) groups excluding carboxylic acids is 1. The van der Waals surface area contributed by atoms with E-state index in [4.69, 9.17) is 0 Å². The molecule has 1 saturated heterocycles. The van der Waals surface area contributed by atoms with Crippen LogP contribution in [-0.4, -0.2) is 44.4 Å². The highest BCUT2D eigenvalue weighted by Gasteiger charge is 2.31. The van der Waals surface area contributed by atoms with Gasteiger partial charge < -0.3 is 9.47 Å². The first-order chi connectivity index (χ1) is 12.6. The molecule has 2 fully saturated rings. The van der Waals surface area contributed by atoms with E-state index >= 15 is 0 Å². The van der Waals surface area contributed by atoms with Crippen LogP contribution in [0, 0.1) is 11.8 Å². The molecule has 1 aliphatic heterocycles. The summed E-state index contributed by atoms with van der Waals surface area (Å²) >= 11 is 3.31. The minimum absolute atomic E-state index is 0.235. The first-order valence-corrected chi connectivity index (χ1v) is 11.3. The molecule has 0 spiro atoms. The third-order valence-electron chi connectivity index (χ3n) is 5.11. The molecule has 2 aromatic rings. The minimum Gasteiger partial charge on any atom is -0.341 e. The molecule has 7 heteroatoms. The summed E-state index contributed by atoms with van der Waals surface area (Å²) in [7, 11) is 0. The van der Waals surface area contributed by atoms with Crippen molar-refractivity contribution in [2.45, 2.75) is 50.7 Å². The molecule has 5 nitrogen and oxygen atoms in total. The second-order valence-corrected chi connectivity index (χ2v) is 9.76. The maximum absolute atomic E-state index is 12.7. The number of hydrogen-bond donors (Lipinski definition) is 0. The lowest BCUT2D eigenvalue weighted by Crippen LogP contribution is -2.43. The normalized spacial score (nSPS) is 23.4. The van der Waals surface area contributed by atoms with Crippen molar-refractivity contribution in [3.63, 3.8) is 0 Å². The number of hydrogen-bond acceptors (Lipinski definition) is 5. The lowest BCUT2D eigenvalue weighted by Gasteiger charge is -2.35. The van der Waals surface area contributed by atoms with Gasteiger partial charge in [0.05, 0.1) is 5.75 Å². The van der Waals surface area contributed by atoms with Crippen molar-refractivity contribution in [1.29, 1.82) is 0 Å². The number of carbonyl (C=O) groups is 1. The lowest BCUT2D eigenvalue weighted by atomic mass is 9.92. The van der Waals surface area contributed by atoms with Crippen molar-refractivity contribution in [3.05, 3.63) is 28.2 Å². The van der Waals surface area contributed by atoms with E-state index in [1.54, 1.807) is 23.1 Å². The largest absolute Gasteiger partial charge is 0.341 e. The van der Waals surface area contributed by atoms with Gasteiger partial charge in [-0.2, -0.15) is 0 Å². The van der Waals surface area contributed by atoms with Crippen molar-refractivity contribution in [2.24, 2.45) is 11.8 Å². The Labute approximate surface area is 163 Å². The fourth-order valence-corrected chi connectivity index (χ4v) is 5.51. The summed E-state index contributed by atoms with van der Waals surface area (Å²) in [6.07, 6.45) is 4.44. The summed E-state index contributed by atoms with van der Waals surface area (Å²) in [6.45, 7) is 6.26. The lowest BCUT2D eigenvalue weighted by molar-refractivity contribution is -0.130. The Morgan fingerprint density at radius 3 is 2.69 bits per heavy atom. The number of nitrogens with zero attached hydrogens (tertiary/aromatic N) is 4. The van der Waals surface area contributed by atoms with Crippen LogP contribution in [0.1, 0.15) is 49.9 Å². The molecule has 1 aliphatic carbocycles. The van der Waals surface area contributed by atoms with Crippen molar-refractivity contribution in [2.75, 3.05) is 18.8 Å². The van der Waals surface area contributed by atoms with Gasteiger partial charge in [-0.1, -0.05) is 31.7 Å². The van der Waals surface area contributed by atoms with E-state index in [1.165, 1.54) is 24.1 Å². The maximum Gasteiger partial charge on any atom is 0.233 e. The van der Waals surface area contributed by atoms with Gasteiger partial charge in [-0.05, 0) is 42.5 Å². The smallest absolute Gasteiger partial charge is 0.233 e. The van der Waals surface area contributed by atoms with Gasteiger partial charge in [-0.3, -0.25) is 4.79 Å². The SMILES string of the molecule is C[C@@H]1C[C@H](C)CN(C(=O)CSc2nnc(Cc3cccs3)n2C2CC2)C1. The molecule has 26 heavy (non-hydrogen) atoms. The monoisotopic (exact) mass is 390 g/mol. The van der Waals surface area contributed by atoms with Crippen LogP contribution >= 0.6 is 23.1 Å². The predicted molar refractivity (Wildman–Crippen MR) is 106 cm³/mol. The van der Waals surface area contributed by atoms with Crippen molar-refractivity contribution in [3.8, 4) is 0 Å². The zero-order chi connectivity index (χ0) is 18.1. The molecule has 2 atom stereocenters. The van der Waals surface area contributed by atoms with Crippen molar-refractivity contribution < 1.29 is 4.79 Å². The molecule has 0 unspecified atom stereocenters. The Morgan fingerprint density at radius 2 is 2.04 bits per heavy atom. The van der Waals surface area contributed by atoms with Gasteiger partial charge in [0.15, 0.2) is 5.16 Å². The number of thiophene rings is 1. The Kier molecular flexibility index (Phi) is 5.36. The van der Waals surface area contributed by atoms with E-state index < -0.39 is 0 Å². The van der Waals surface area contributed by atoms with E-state index in [0.717, 1.165) is 30.5 Å². The van der Waals surface area contributed by atoms with Crippen LogP contribution in [0.5, 0.6) is 0 Å². The number of rotatable bonds is 6. The van der Waals surface area contributed by atoms with Crippen molar-refractivity contribution in [1.82, 2.24) is 19.7 Å². The molecule has 0 bridgehead atoms. The van der Waals surface area contributed by atoms with Crippen LogP contribution in [0.25, 0.3) is 0 Å². The topological polar surface area (TPSA) is 51.0 Å². The van der Waals surface area contributed by atoms with Crippen LogP contribution in [0.15, 0.2) is 22.7 Å². The third-order valence-corrected chi connectivity index (χ3v) is 6.91. The first kappa shape index (κ1) is 18.0. The second-order valence-electron chi connectivity index (χ2n) is 7.79. The molecule has 3 heterocycles. The van der Waals surface area contributed by atoms with Crippen LogP contribution in [0.4, 0.5) is 0 Å². The van der Waals surface area contributed by atoms with Gasteiger partial charge in [-0.15, -0.1) is 21.5 Å². The molecule has 4 rings (SSSR count). The van der Waals surface area contributed by atoms with E-state index in [1.807, 2.05) is 4.90 Å². The Bertz CT molecular complexity index is 744. The number of amides is 1. The molecule has 0 N–H and O–H groups in total. The Hall–Kier alpha value is -1.34. The van der Waals surface area contributed by atoms with Crippen LogP contribution in [0.2, 0.25) is 0 Å². The summed E-state index contributed by atoms with van der Waals surface area (Å²) < 4.78 is 2.28. The molecule has 2 aliphatic rings. The van der Waals surface area contributed by atoms with Crippen LogP contribution < -0.4 is 0 Å². The second kappa shape index (κ2) is 7.72. The summed E-state index contributed by atoms with van der Waals surface area (Å²) in [5.74, 6) is 2.92.